The van der Waals surface area contributed by atoms with E-state index >= 15 is 0 Å². The van der Waals surface area contributed by atoms with Crippen LogP contribution in [0.2, 0.25) is 0 Å². The largest absolute Gasteiger partial charge is 0.379 e. The van der Waals surface area contributed by atoms with Crippen LogP contribution in [0.3, 0.4) is 0 Å². The van der Waals surface area contributed by atoms with Crippen molar-refractivity contribution in [1.82, 2.24) is 15.5 Å². The van der Waals surface area contributed by atoms with E-state index in [0.29, 0.717) is 12.1 Å². The molecule has 1 saturated carbocycles. The van der Waals surface area contributed by atoms with E-state index in [0.717, 1.165) is 50.9 Å². The highest BCUT2D eigenvalue weighted by molar-refractivity contribution is 5.92. The SMILES string of the molecule is CCNC(=NCc1cccc(C(N)=O)c1)NCC1(N2CCOCC2)CCCCC1. The second-order valence-corrected chi connectivity index (χ2v) is 8.00. The number of ether oxygens (including phenoxy) is 1. The van der Waals surface area contributed by atoms with Gasteiger partial charge in [-0.1, -0.05) is 31.4 Å². The zero-order valence-corrected chi connectivity index (χ0v) is 17.6. The zero-order valence-electron chi connectivity index (χ0n) is 17.6. The van der Waals surface area contributed by atoms with Crippen molar-refractivity contribution < 1.29 is 9.53 Å². The lowest BCUT2D eigenvalue weighted by Gasteiger charge is -2.48. The molecule has 1 saturated heterocycles. The maximum atomic E-state index is 11.4. The zero-order chi connectivity index (χ0) is 20.5. The smallest absolute Gasteiger partial charge is 0.248 e. The first-order chi connectivity index (χ1) is 14.1. The van der Waals surface area contributed by atoms with Gasteiger partial charge in [0.1, 0.15) is 0 Å². The van der Waals surface area contributed by atoms with E-state index in [1.807, 2.05) is 18.2 Å². The summed E-state index contributed by atoms with van der Waals surface area (Å²) in [5.41, 5.74) is 7.06. The van der Waals surface area contributed by atoms with E-state index in [1.54, 1.807) is 6.07 Å². The van der Waals surface area contributed by atoms with Gasteiger partial charge in [-0.25, -0.2) is 4.99 Å². The van der Waals surface area contributed by atoms with Crippen molar-refractivity contribution in [3.8, 4) is 0 Å². The highest BCUT2D eigenvalue weighted by Gasteiger charge is 2.38. The molecule has 3 rings (SSSR count). The molecule has 7 nitrogen and oxygen atoms in total. The second-order valence-electron chi connectivity index (χ2n) is 8.00. The number of nitrogens with zero attached hydrogens (tertiary/aromatic N) is 2. The van der Waals surface area contributed by atoms with Crippen molar-refractivity contribution in [2.75, 3.05) is 39.4 Å². The molecule has 0 radical (unpaired) electrons. The van der Waals surface area contributed by atoms with Crippen LogP contribution in [0.1, 0.15) is 54.9 Å². The fourth-order valence-corrected chi connectivity index (χ4v) is 4.44. The minimum Gasteiger partial charge on any atom is -0.379 e. The van der Waals surface area contributed by atoms with Gasteiger partial charge in [0.25, 0.3) is 0 Å². The number of nitrogens with two attached hydrogens (primary N) is 1. The Morgan fingerprint density at radius 2 is 1.97 bits per heavy atom. The van der Waals surface area contributed by atoms with Crippen LogP contribution in [-0.4, -0.2) is 61.7 Å². The number of nitrogens with one attached hydrogen (secondary N) is 2. The summed E-state index contributed by atoms with van der Waals surface area (Å²) < 4.78 is 5.58. The molecule has 1 amide bonds. The third-order valence-corrected chi connectivity index (χ3v) is 6.03. The Bertz CT molecular complexity index is 694. The molecule has 0 atom stereocenters. The van der Waals surface area contributed by atoms with Gasteiger partial charge >= 0.3 is 0 Å². The summed E-state index contributed by atoms with van der Waals surface area (Å²) in [5.74, 6) is 0.404. The molecule has 0 unspecified atom stereocenters. The first kappa shape index (κ1) is 21.6. The summed E-state index contributed by atoms with van der Waals surface area (Å²) in [6, 6.07) is 7.36. The van der Waals surface area contributed by atoms with Crippen molar-refractivity contribution in [2.45, 2.75) is 51.1 Å². The van der Waals surface area contributed by atoms with Crippen LogP contribution in [0.5, 0.6) is 0 Å². The number of morpholine rings is 1. The summed E-state index contributed by atoms with van der Waals surface area (Å²) >= 11 is 0. The number of hydrogen-bond donors (Lipinski definition) is 3. The summed E-state index contributed by atoms with van der Waals surface area (Å²) in [6.45, 7) is 7.94. The summed E-state index contributed by atoms with van der Waals surface area (Å²) in [5, 5.41) is 6.95. The maximum absolute atomic E-state index is 11.4. The summed E-state index contributed by atoms with van der Waals surface area (Å²) in [6.07, 6.45) is 6.34. The van der Waals surface area contributed by atoms with Gasteiger partial charge in [0, 0.05) is 37.3 Å². The number of carbonyl (C=O) groups excluding carboxylic acids is 1. The Hall–Kier alpha value is -2.12. The Morgan fingerprint density at radius 3 is 2.66 bits per heavy atom. The number of hydrogen-bond acceptors (Lipinski definition) is 4. The number of amides is 1. The highest BCUT2D eigenvalue weighted by atomic mass is 16.5. The van der Waals surface area contributed by atoms with Crippen LogP contribution in [0.15, 0.2) is 29.3 Å². The lowest BCUT2D eigenvalue weighted by atomic mass is 9.80. The molecule has 4 N–H and O–H groups in total. The van der Waals surface area contributed by atoms with Crippen molar-refractivity contribution in [1.29, 1.82) is 0 Å². The van der Waals surface area contributed by atoms with Crippen LogP contribution >= 0.6 is 0 Å². The van der Waals surface area contributed by atoms with E-state index in [1.165, 1.54) is 32.1 Å². The first-order valence-corrected chi connectivity index (χ1v) is 10.9. The Labute approximate surface area is 174 Å². The molecule has 2 fully saturated rings. The molecule has 7 heteroatoms. The van der Waals surface area contributed by atoms with E-state index < -0.39 is 5.91 Å². The molecule has 0 bridgehead atoms. The normalized spacial score (nSPS) is 20.2. The number of aliphatic imine (C=N–C) groups is 1. The molecule has 0 spiro atoms. The van der Waals surface area contributed by atoms with E-state index in [-0.39, 0.29) is 5.54 Å². The quantitative estimate of drug-likeness (QED) is 0.479. The molecule has 1 aliphatic carbocycles. The predicted molar refractivity (Wildman–Crippen MR) is 116 cm³/mol. The average Bonchev–Trinajstić information content (AvgIpc) is 2.77. The van der Waals surface area contributed by atoms with Gasteiger partial charge in [-0.15, -0.1) is 0 Å². The predicted octanol–water partition coefficient (Wildman–Crippen LogP) is 1.88. The van der Waals surface area contributed by atoms with Crippen molar-refractivity contribution in [3.05, 3.63) is 35.4 Å². The van der Waals surface area contributed by atoms with E-state index in [2.05, 4.69) is 22.5 Å². The first-order valence-electron chi connectivity index (χ1n) is 10.9. The Balaban J connectivity index is 1.67. The van der Waals surface area contributed by atoms with Crippen molar-refractivity contribution in [3.63, 3.8) is 0 Å². The van der Waals surface area contributed by atoms with Gasteiger partial charge in [-0.3, -0.25) is 9.69 Å². The van der Waals surface area contributed by atoms with Gasteiger partial charge in [0.2, 0.25) is 5.91 Å². The molecule has 0 aromatic heterocycles. The lowest BCUT2D eigenvalue weighted by Crippen LogP contribution is -2.60. The van der Waals surface area contributed by atoms with Crippen molar-refractivity contribution in [2.24, 2.45) is 10.7 Å². The highest BCUT2D eigenvalue weighted by Crippen LogP contribution is 2.33. The fraction of sp³-hybridized carbons (Fsp3) is 0.636. The van der Waals surface area contributed by atoms with Crippen LogP contribution in [0, 0.1) is 0 Å². The van der Waals surface area contributed by atoms with Gasteiger partial charge < -0.3 is 21.1 Å². The minimum atomic E-state index is -0.411. The third kappa shape index (κ3) is 5.93. The van der Waals surface area contributed by atoms with Crippen LogP contribution in [0.25, 0.3) is 0 Å². The lowest BCUT2D eigenvalue weighted by molar-refractivity contribution is -0.0352. The van der Waals surface area contributed by atoms with Gasteiger partial charge in [0.15, 0.2) is 5.96 Å². The molecule has 29 heavy (non-hydrogen) atoms. The summed E-state index contributed by atoms with van der Waals surface area (Å²) in [7, 11) is 0. The molecule has 1 aromatic carbocycles. The molecule has 1 aliphatic heterocycles. The van der Waals surface area contributed by atoms with Crippen LogP contribution in [0.4, 0.5) is 0 Å². The van der Waals surface area contributed by atoms with Gasteiger partial charge in [0.05, 0.1) is 19.8 Å². The molecule has 160 valence electrons. The Morgan fingerprint density at radius 1 is 1.21 bits per heavy atom. The topological polar surface area (TPSA) is 92.0 Å². The number of benzene rings is 1. The van der Waals surface area contributed by atoms with E-state index in [9.17, 15) is 4.79 Å². The third-order valence-electron chi connectivity index (χ3n) is 6.03. The van der Waals surface area contributed by atoms with Crippen LogP contribution in [-0.2, 0) is 11.3 Å². The number of rotatable bonds is 7. The molecule has 1 aromatic rings. The standard InChI is InChI=1S/C22H35N5O2/c1-2-24-21(25-16-18-7-6-8-19(15-18)20(23)28)26-17-22(9-4-3-5-10-22)27-11-13-29-14-12-27/h6-8,15H,2-5,9-14,16-17H2,1H3,(H2,23,28)(H2,24,25,26). The molecule has 1 heterocycles. The monoisotopic (exact) mass is 401 g/mol. The maximum Gasteiger partial charge on any atom is 0.248 e. The van der Waals surface area contributed by atoms with Gasteiger partial charge in [-0.2, -0.15) is 0 Å². The Kier molecular flexibility index (Phi) is 7.89. The number of primary amides is 1. The molecular weight excluding hydrogens is 366 g/mol. The molecular formula is C22H35N5O2. The molecule has 2 aliphatic rings. The van der Waals surface area contributed by atoms with Crippen molar-refractivity contribution >= 4 is 11.9 Å². The van der Waals surface area contributed by atoms with E-state index in [4.69, 9.17) is 15.5 Å². The summed E-state index contributed by atoms with van der Waals surface area (Å²) in [4.78, 5) is 18.8. The average molecular weight is 402 g/mol. The van der Waals surface area contributed by atoms with Crippen LogP contribution < -0.4 is 16.4 Å². The fourth-order valence-electron chi connectivity index (χ4n) is 4.44. The second kappa shape index (κ2) is 10.6. The van der Waals surface area contributed by atoms with Gasteiger partial charge in [-0.05, 0) is 37.5 Å². The number of guanidine groups is 1. The number of carbonyl (C=O) groups is 1. The minimum absolute atomic E-state index is 0.185.